The van der Waals surface area contributed by atoms with E-state index in [2.05, 4.69) is 69.1 Å². The lowest BCUT2D eigenvalue weighted by atomic mass is 9.86. The van der Waals surface area contributed by atoms with Gasteiger partial charge in [-0.05, 0) is 77.8 Å². The van der Waals surface area contributed by atoms with Crippen molar-refractivity contribution in [3.8, 4) is 0 Å². The summed E-state index contributed by atoms with van der Waals surface area (Å²) in [6, 6.07) is 14.4. The van der Waals surface area contributed by atoms with Gasteiger partial charge in [-0.3, -0.25) is 0 Å². The van der Waals surface area contributed by atoms with Gasteiger partial charge in [0, 0.05) is 16.6 Å². The second-order valence-electron chi connectivity index (χ2n) is 8.39. The van der Waals surface area contributed by atoms with E-state index in [-0.39, 0.29) is 0 Å². The summed E-state index contributed by atoms with van der Waals surface area (Å²) in [6.45, 7) is 9.23. The van der Waals surface area contributed by atoms with Crippen LogP contribution >= 0.6 is 0 Å². The number of hydrogen-bond acceptors (Lipinski definition) is 0. The van der Waals surface area contributed by atoms with Crippen molar-refractivity contribution in [2.45, 2.75) is 71.6 Å². The molecule has 1 unspecified atom stereocenters. The number of H-pyrrole nitrogens is 1. The summed E-state index contributed by atoms with van der Waals surface area (Å²) in [5, 5.41) is 1.45. The zero-order valence-electron chi connectivity index (χ0n) is 16.7. The molecule has 0 amide bonds. The maximum absolute atomic E-state index is 3.74. The summed E-state index contributed by atoms with van der Waals surface area (Å²) in [7, 11) is 0. The van der Waals surface area contributed by atoms with E-state index in [1.54, 1.807) is 11.1 Å². The first-order valence-corrected chi connectivity index (χ1v) is 10.3. The van der Waals surface area contributed by atoms with Crippen molar-refractivity contribution < 1.29 is 0 Å². The molecule has 2 aromatic carbocycles. The Morgan fingerprint density at radius 3 is 2.31 bits per heavy atom. The van der Waals surface area contributed by atoms with E-state index < -0.39 is 0 Å². The fourth-order valence-electron chi connectivity index (χ4n) is 4.35. The molecular formula is C25H31N. The Hall–Kier alpha value is -2.02. The van der Waals surface area contributed by atoms with Crippen LogP contribution in [0, 0.1) is 0 Å². The van der Waals surface area contributed by atoms with Gasteiger partial charge in [-0.1, -0.05) is 58.0 Å². The topological polar surface area (TPSA) is 15.8 Å². The maximum Gasteiger partial charge on any atom is 0.0491 e. The third-order valence-corrected chi connectivity index (χ3v) is 6.31. The third kappa shape index (κ3) is 3.09. The summed E-state index contributed by atoms with van der Waals surface area (Å²) in [6.07, 6.45) is 5.69. The second-order valence-corrected chi connectivity index (χ2v) is 8.39. The number of nitrogens with one attached hydrogen (secondary N) is 1. The van der Waals surface area contributed by atoms with Crippen molar-refractivity contribution in [1.29, 1.82) is 0 Å². The Labute approximate surface area is 157 Å². The summed E-state index contributed by atoms with van der Waals surface area (Å²) in [5.41, 5.74) is 10.3. The SMILES string of the molecule is CCC(C)c1cc2ccc1CCc1ccc(c3[nH]c(C(C)C)cc13)CC2. The highest BCUT2D eigenvalue weighted by Crippen LogP contribution is 2.31. The van der Waals surface area contributed by atoms with E-state index in [1.165, 1.54) is 39.7 Å². The Morgan fingerprint density at radius 1 is 0.846 bits per heavy atom. The van der Waals surface area contributed by atoms with Crippen molar-refractivity contribution in [3.05, 3.63) is 69.9 Å². The number of benzene rings is 2. The van der Waals surface area contributed by atoms with E-state index in [0.29, 0.717) is 11.8 Å². The Kier molecular flexibility index (Phi) is 4.65. The average Bonchev–Trinajstić information content (AvgIpc) is 3.09. The molecule has 1 heteroatoms. The minimum absolute atomic E-state index is 0.541. The van der Waals surface area contributed by atoms with Crippen LogP contribution in [0.1, 0.15) is 79.5 Å². The van der Waals surface area contributed by atoms with Gasteiger partial charge in [-0.2, -0.15) is 0 Å². The summed E-state index contributed by atoms with van der Waals surface area (Å²) in [4.78, 5) is 3.74. The largest absolute Gasteiger partial charge is 0.358 e. The van der Waals surface area contributed by atoms with Crippen LogP contribution in [0.3, 0.4) is 0 Å². The lowest BCUT2D eigenvalue weighted by Crippen LogP contribution is -2.05. The molecule has 0 fully saturated rings. The van der Waals surface area contributed by atoms with Crippen molar-refractivity contribution in [2.24, 2.45) is 0 Å². The molecule has 1 heterocycles. The highest BCUT2D eigenvalue weighted by molar-refractivity contribution is 5.87. The quantitative estimate of drug-likeness (QED) is 0.544. The molecule has 1 N–H and O–H groups in total. The molecule has 0 saturated heterocycles. The van der Waals surface area contributed by atoms with Crippen LogP contribution in [-0.2, 0) is 25.7 Å². The predicted molar refractivity (Wildman–Crippen MR) is 112 cm³/mol. The first-order valence-electron chi connectivity index (χ1n) is 10.3. The maximum atomic E-state index is 3.74. The number of aryl methyl sites for hydroxylation is 4. The van der Waals surface area contributed by atoms with Gasteiger partial charge >= 0.3 is 0 Å². The third-order valence-electron chi connectivity index (χ3n) is 6.31. The Balaban J connectivity index is 1.82. The molecule has 4 bridgehead atoms. The summed E-state index contributed by atoms with van der Waals surface area (Å²) < 4.78 is 0. The van der Waals surface area contributed by atoms with Crippen LogP contribution in [0.4, 0.5) is 0 Å². The van der Waals surface area contributed by atoms with E-state index in [4.69, 9.17) is 0 Å². The van der Waals surface area contributed by atoms with Crippen molar-refractivity contribution in [3.63, 3.8) is 0 Å². The van der Waals surface area contributed by atoms with Gasteiger partial charge in [-0.15, -0.1) is 0 Å². The van der Waals surface area contributed by atoms with Crippen molar-refractivity contribution in [1.82, 2.24) is 4.98 Å². The normalized spacial score (nSPS) is 15.4. The number of aromatic amines is 1. The standard InChI is InChI=1S/C25H31N/c1-5-17(4)22-14-18-6-8-19(22)10-11-20-12-13-21(9-7-18)25-23(20)15-24(26-25)16(2)3/h6,8,12-17,26H,5,7,9-11H2,1-4H3. The van der Waals surface area contributed by atoms with Gasteiger partial charge in [0.15, 0.2) is 0 Å². The highest BCUT2D eigenvalue weighted by atomic mass is 14.7. The van der Waals surface area contributed by atoms with Gasteiger partial charge in [0.05, 0.1) is 0 Å². The predicted octanol–water partition coefficient (Wildman–Crippen LogP) is 6.69. The monoisotopic (exact) mass is 345 g/mol. The van der Waals surface area contributed by atoms with Crippen LogP contribution in [0.5, 0.6) is 0 Å². The van der Waals surface area contributed by atoms with Crippen molar-refractivity contribution >= 4 is 10.9 Å². The van der Waals surface area contributed by atoms with Crippen LogP contribution in [-0.4, -0.2) is 4.98 Å². The highest BCUT2D eigenvalue weighted by Gasteiger charge is 2.16. The lowest BCUT2D eigenvalue weighted by Gasteiger charge is -2.19. The van der Waals surface area contributed by atoms with Gasteiger partial charge in [0.2, 0.25) is 0 Å². The van der Waals surface area contributed by atoms with Crippen LogP contribution in [0.15, 0.2) is 36.4 Å². The summed E-state index contributed by atoms with van der Waals surface area (Å²) >= 11 is 0. The molecule has 0 aliphatic heterocycles. The molecule has 1 aromatic heterocycles. The van der Waals surface area contributed by atoms with Crippen LogP contribution < -0.4 is 0 Å². The molecule has 0 saturated carbocycles. The molecule has 0 radical (unpaired) electrons. The lowest BCUT2D eigenvalue weighted by molar-refractivity contribution is 0.717. The van der Waals surface area contributed by atoms with E-state index >= 15 is 0 Å². The summed E-state index contributed by atoms with van der Waals surface area (Å²) in [5.74, 6) is 1.19. The first kappa shape index (κ1) is 17.4. The first-order chi connectivity index (χ1) is 12.6. The second kappa shape index (κ2) is 6.95. The minimum atomic E-state index is 0.541. The zero-order valence-corrected chi connectivity index (χ0v) is 16.7. The molecule has 7 rings (SSSR count). The smallest absolute Gasteiger partial charge is 0.0491 e. The molecule has 136 valence electrons. The van der Waals surface area contributed by atoms with Gasteiger partial charge in [0.1, 0.15) is 0 Å². The molecule has 1 nitrogen and oxygen atoms in total. The van der Waals surface area contributed by atoms with Crippen molar-refractivity contribution in [2.75, 3.05) is 0 Å². The number of rotatable bonds is 3. The molecule has 1 atom stereocenters. The molecule has 26 heavy (non-hydrogen) atoms. The number of aromatic nitrogens is 1. The fraction of sp³-hybridized carbons (Fsp3) is 0.440. The van der Waals surface area contributed by atoms with E-state index in [9.17, 15) is 0 Å². The Bertz CT molecular complexity index is 929. The minimum Gasteiger partial charge on any atom is -0.358 e. The van der Waals surface area contributed by atoms with Gasteiger partial charge in [-0.25, -0.2) is 0 Å². The van der Waals surface area contributed by atoms with E-state index in [0.717, 1.165) is 25.7 Å². The average molecular weight is 346 g/mol. The fourth-order valence-corrected chi connectivity index (χ4v) is 4.35. The van der Waals surface area contributed by atoms with Crippen LogP contribution in [0.25, 0.3) is 10.9 Å². The molecular weight excluding hydrogens is 314 g/mol. The molecule has 4 aliphatic rings. The van der Waals surface area contributed by atoms with Gasteiger partial charge in [0.25, 0.3) is 0 Å². The zero-order chi connectivity index (χ0) is 18.3. The molecule has 4 aliphatic carbocycles. The Morgan fingerprint density at radius 2 is 1.54 bits per heavy atom. The van der Waals surface area contributed by atoms with Crippen LogP contribution in [0.2, 0.25) is 0 Å². The molecule has 0 spiro atoms. The number of hydrogen-bond donors (Lipinski definition) is 1. The molecule has 3 aromatic rings. The van der Waals surface area contributed by atoms with E-state index in [1.807, 2.05) is 0 Å². The van der Waals surface area contributed by atoms with Gasteiger partial charge < -0.3 is 4.98 Å².